The van der Waals surface area contributed by atoms with Crippen LogP contribution in [0.15, 0.2) is 49.2 Å². The van der Waals surface area contributed by atoms with Gasteiger partial charge in [0.15, 0.2) is 11.6 Å². The van der Waals surface area contributed by atoms with Gasteiger partial charge in [-0.1, -0.05) is 6.92 Å². The second-order valence-electron chi connectivity index (χ2n) is 7.49. The number of fused-ring (bicyclic) bond motifs is 3. The first-order valence-corrected chi connectivity index (χ1v) is 9.93. The van der Waals surface area contributed by atoms with E-state index in [4.69, 9.17) is 4.98 Å². The maximum absolute atomic E-state index is 13.4. The summed E-state index contributed by atoms with van der Waals surface area (Å²) in [6.07, 6.45) is 7.87. The van der Waals surface area contributed by atoms with E-state index in [1.165, 1.54) is 12.1 Å². The fourth-order valence-electron chi connectivity index (χ4n) is 4.02. The van der Waals surface area contributed by atoms with Gasteiger partial charge in [0.1, 0.15) is 23.7 Å². The number of nitrogens with zero attached hydrogens (tertiary/aromatic N) is 8. The molecule has 0 aliphatic carbocycles. The van der Waals surface area contributed by atoms with Gasteiger partial charge in [0.25, 0.3) is 0 Å². The van der Waals surface area contributed by atoms with Crippen LogP contribution in [0.5, 0.6) is 0 Å². The molecule has 5 rings (SSSR count). The Morgan fingerprint density at radius 3 is 2.63 bits per heavy atom. The van der Waals surface area contributed by atoms with Crippen molar-refractivity contribution in [1.29, 1.82) is 0 Å². The third-order valence-electron chi connectivity index (χ3n) is 5.35. The number of anilines is 1. The van der Waals surface area contributed by atoms with Crippen LogP contribution in [0.2, 0.25) is 0 Å². The number of aromatic nitrogens is 7. The van der Waals surface area contributed by atoms with Gasteiger partial charge in [-0.2, -0.15) is 4.98 Å². The lowest BCUT2D eigenvalue weighted by Crippen LogP contribution is -2.40. The molecule has 1 aromatic carbocycles. The number of imidazole rings is 1. The summed E-state index contributed by atoms with van der Waals surface area (Å²) in [5.41, 5.74) is 1.64. The Kier molecular flexibility index (Phi) is 4.30. The van der Waals surface area contributed by atoms with Gasteiger partial charge < -0.3 is 4.90 Å². The molecule has 0 fully saturated rings. The molecule has 3 aromatic heterocycles. The Morgan fingerprint density at radius 1 is 1.10 bits per heavy atom. The standard InChI is InChI=1S/C21H21FN8/c1-4-16-20-27-25-12-29(20)17-11-24-21(26-19(17)30(16)13(2)3)28-10-9-23-18(28)14-5-7-15(22)8-6-14/h5-13,16H,4H2,1-3H3/t16-/m1/s1. The lowest BCUT2D eigenvalue weighted by atomic mass is 10.1. The lowest BCUT2D eigenvalue weighted by Gasteiger charge is -2.39. The molecule has 0 spiro atoms. The number of halogens is 1. The smallest absolute Gasteiger partial charge is 0.237 e. The van der Waals surface area contributed by atoms with Gasteiger partial charge in [-0.25, -0.2) is 14.4 Å². The van der Waals surface area contributed by atoms with Crippen LogP contribution in [0, 0.1) is 5.82 Å². The highest BCUT2D eigenvalue weighted by atomic mass is 19.1. The quantitative estimate of drug-likeness (QED) is 0.516. The van der Waals surface area contributed by atoms with E-state index in [1.54, 1.807) is 30.9 Å². The fraction of sp³-hybridized carbons (Fsp3) is 0.286. The van der Waals surface area contributed by atoms with E-state index in [0.29, 0.717) is 11.8 Å². The first kappa shape index (κ1) is 18.4. The number of hydrogen-bond acceptors (Lipinski definition) is 6. The molecule has 0 saturated heterocycles. The van der Waals surface area contributed by atoms with Gasteiger partial charge in [-0.15, -0.1) is 10.2 Å². The fourth-order valence-corrected chi connectivity index (χ4v) is 4.02. The minimum absolute atomic E-state index is 0.0714. The first-order chi connectivity index (χ1) is 14.6. The molecule has 30 heavy (non-hydrogen) atoms. The van der Waals surface area contributed by atoms with Crippen molar-refractivity contribution in [3.63, 3.8) is 0 Å². The molecule has 0 radical (unpaired) electrons. The monoisotopic (exact) mass is 404 g/mol. The summed E-state index contributed by atoms with van der Waals surface area (Å²) in [4.78, 5) is 16.2. The molecule has 1 atom stereocenters. The van der Waals surface area contributed by atoms with Crippen LogP contribution in [-0.2, 0) is 0 Å². The largest absolute Gasteiger partial charge is 0.342 e. The molecule has 8 nitrogen and oxygen atoms in total. The van der Waals surface area contributed by atoms with Gasteiger partial charge in [0.05, 0.1) is 12.2 Å². The number of hydrogen-bond donors (Lipinski definition) is 0. The maximum atomic E-state index is 13.4. The molecule has 0 amide bonds. The van der Waals surface area contributed by atoms with Gasteiger partial charge in [-0.3, -0.25) is 9.13 Å². The maximum Gasteiger partial charge on any atom is 0.237 e. The predicted octanol–water partition coefficient (Wildman–Crippen LogP) is 3.73. The van der Waals surface area contributed by atoms with Crippen molar-refractivity contribution in [3.8, 4) is 23.0 Å². The second-order valence-corrected chi connectivity index (χ2v) is 7.49. The van der Waals surface area contributed by atoms with Crippen molar-refractivity contribution in [2.24, 2.45) is 0 Å². The summed E-state index contributed by atoms with van der Waals surface area (Å²) in [6.45, 7) is 6.41. The number of rotatable bonds is 4. The van der Waals surface area contributed by atoms with E-state index < -0.39 is 0 Å². The van der Waals surface area contributed by atoms with E-state index in [0.717, 1.165) is 29.3 Å². The number of benzene rings is 1. The summed E-state index contributed by atoms with van der Waals surface area (Å²) in [7, 11) is 0. The molecule has 1 aliphatic rings. The average molecular weight is 404 g/mol. The van der Waals surface area contributed by atoms with Crippen LogP contribution < -0.4 is 4.90 Å². The summed E-state index contributed by atoms with van der Waals surface area (Å²) < 4.78 is 17.1. The van der Waals surface area contributed by atoms with Crippen molar-refractivity contribution in [2.45, 2.75) is 39.3 Å². The van der Waals surface area contributed by atoms with Crippen molar-refractivity contribution in [1.82, 2.24) is 34.3 Å². The highest BCUT2D eigenvalue weighted by Crippen LogP contribution is 2.39. The van der Waals surface area contributed by atoms with Crippen molar-refractivity contribution in [2.75, 3.05) is 4.90 Å². The van der Waals surface area contributed by atoms with Gasteiger partial charge in [-0.05, 0) is 44.5 Å². The Bertz CT molecular complexity index is 1190. The summed E-state index contributed by atoms with van der Waals surface area (Å²) >= 11 is 0. The summed E-state index contributed by atoms with van der Waals surface area (Å²) in [6, 6.07) is 6.51. The Labute approximate surface area is 173 Å². The van der Waals surface area contributed by atoms with E-state index in [9.17, 15) is 4.39 Å². The van der Waals surface area contributed by atoms with E-state index in [2.05, 4.69) is 45.8 Å². The Balaban J connectivity index is 1.66. The summed E-state index contributed by atoms with van der Waals surface area (Å²) in [5, 5.41) is 8.46. The van der Waals surface area contributed by atoms with Crippen LogP contribution in [0.4, 0.5) is 10.2 Å². The van der Waals surface area contributed by atoms with E-state index in [-0.39, 0.29) is 17.9 Å². The van der Waals surface area contributed by atoms with Crippen LogP contribution in [0.3, 0.4) is 0 Å². The molecule has 152 valence electrons. The predicted molar refractivity (Wildman–Crippen MR) is 110 cm³/mol. The van der Waals surface area contributed by atoms with E-state index in [1.807, 2.05) is 15.3 Å². The zero-order valence-electron chi connectivity index (χ0n) is 16.9. The van der Waals surface area contributed by atoms with Crippen LogP contribution in [0.1, 0.15) is 39.1 Å². The molecular weight excluding hydrogens is 383 g/mol. The minimum Gasteiger partial charge on any atom is -0.342 e. The molecule has 0 bridgehead atoms. The zero-order chi connectivity index (χ0) is 20.8. The average Bonchev–Trinajstić information content (AvgIpc) is 3.42. The third-order valence-corrected chi connectivity index (χ3v) is 5.35. The van der Waals surface area contributed by atoms with E-state index >= 15 is 0 Å². The minimum atomic E-state index is -0.287. The Hall–Kier alpha value is -3.62. The van der Waals surface area contributed by atoms with Gasteiger partial charge >= 0.3 is 0 Å². The zero-order valence-corrected chi connectivity index (χ0v) is 16.9. The van der Waals surface area contributed by atoms with Crippen LogP contribution in [0.25, 0.3) is 23.0 Å². The molecule has 9 heteroatoms. The molecule has 4 aromatic rings. The second kappa shape index (κ2) is 7.01. The van der Waals surface area contributed by atoms with Crippen LogP contribution in [-0.4, -0.2) is 40.3 Å². The Morgan fingerprint density at radius 2 is 1.90 bits per heavy atom. The topological polar surface area (TPSA) is 77.5 Å². The molecule has 0 N–H and O–H groups in total. The van der Waals surface area contributed by atoms with Gasteiger partial charge in [0.2, 0.25) is 5.95 Å². The third kappa shape index (κ3) is 2.77. The molecule has 0 unspecified atom stereocenters. The highest BCUT2D eigenvalue weighted by Gasteiger charge is 2.35. The summed E-state index contributed by atoms with van der Waals surface area (Å²) in [5.74, 6) is 2.59. The molecule has 1 aliphatic heterocycles. The van der Waals surface area contributed by atoms with Crippen molar-refractivity contribution >= 4 is 5.82 Å². The van der Waals surface area contributed by atoms with Crippen molar-refractivity contribution in [3.05, 3.63) is 60.8 Å². The SMILES string of the molecule is CC[C@@H]1c2nncn2-c2cnc(-n3ccnc3-c3ccc(F)cc3)nc2N1C(C)C. The molecule has 4 heterocycles. The van der Waals surface area contributed by atoms with Crippen molar-refractivity contribution < 1.29 is 4.39 Å². The van der Waals surface area contributed by atoms with Crippen LogP contribution >= 0.6 is 0 Å². The van der Waals surface area contributed by atoms with Gasteiger partial charge in [0, 0.05) is 24.0 Å². The molecular formula is C21H21FN8. The first-order valence-electron chi connectivity index (χ1n) is 9.93. The molecule has 0 saturated carbocycles. The highest BCUT2D eigenvalue weighted by molar-refractivity contribution is 5.63. The normalized spacial score (nSPS) is 15.4. The lowest BCUT2D eigenvalue weighted by molar-refractivity contribution is 0.497.